The summed E-state index contributed by atoms with van der Waals surface area (Å²) < 4.78 is 3.47. The van der Waals surface area contributed by atoms with E-state index in [2.05, 4.69) is 24.0 Å². The lowest BCUT2D eigenvalue weighted by molar-refractivity contribution is 0.0696. The zero-order valence-electron chi connectivity index (χ0n) is 10.7. The molecule has 0 amide bonds. The van der Waals surface area contributed by atoms with Gasteiger partial charge < -0.3 is 5.11 Å². The van der Waals surface area contributed by atoms with Crippen molar-refractivity contribution in [3.05, 3.63) is 35.4 Å². The fourth-order valence-corrected chi connectivity index (χ4v) is 1.72. The number of hydrogen-bond donors (Lipinski definition) is 1. The van der Waals surface area contributed by atoms with Crippen LogP contribution in [0, 0.1) is 6.92 Å². The van der Waals surface area contributed by atoms with E-state index in [0.29, 0.717) is 18.3 Å². The number of aromatic nitrogens is 4. The molecule has 6 nitrogen and oxygen atoms in total. The molecule has 0 saturated carbocycles. The van der Waals surface area contributed by atoms with Gasteiger partial charge in [-0.2, -0.15) is 10.2 Å². The largest absolute Gasteiger partial charge is 0.478 e. The summed E-state index contributed by atoms with van der Waals surface area (Å²) in [5, 5.41) is 17.5. The van der Waals surface area contributed by atoms with Gasteiger partial charge in [0.15, 0.2) is 0 Å². The standard InChI is InChI=1S/C12H16N4O2/c1-8(2)16-5-4-10(14-16)6-15-7-11(12(17)18)9(3)13-15/h4-5,7-8H,6H2,1-3H3,(H,17,18). The lowest BCUT2D eigenvalue weighted by Crippen LogP contribution is -2.05. The molecule has 0 saturated heterocycles. The van der Waals surface area contributed by atoms with Crippen molar-refractivity contribution in [2.45, 2.75) is 33.4 Å². The predicted molar refractivity (Wildman–Crippen MR) is 65.6 cm³/mol. The van der Waals surface area contributed by atoms with Crippen molar-refractivity contribution in [1.82, 2.24) is 19.6 Å². The van der Waals surface area contributed by atoms with Crippen LogP contribution in [0.4, 0.5) is 0 Å². The quantitative estimate of drug-likeness (QED) is 0.894. The zero-order chi connectivity index (χ0) is 13.3. The van der Waals surface area contributed by atoms with E-state index < -0.39 is 5.97 Å². The van der Waals surface area contributed by atoms with E-state index in [9.17, 15) is 4.79 Å². The van der Waals surface area contributed by atoms with Gasteiger partial charge in [0.05, 0.1) is 17.9 Å². The number of carboxylic acid groups (broad SMARTS) is 1. The van der Waals surface area contributed by atoms with Crippen molar-refractivity contribution < 1.29 is 9.90 Å². The number of rotatable bonds is 4. The molecule has 0 bridgehead atoms. The molecule has 1 N–H and O–H groups in total. The highest BCUT2D eigenvalue weighted by atomic mass is 16.4. The van der Waals surface area contributed by atoms with Crippen LogP contribution >= 0.6 is 0 Å². The van der Waals surface area contributed by atoms with Crippen molar-refractivity contribution in [3.8, 4) is 0 Å². The van der Waals surface area contributed by atoms with Crippen molar-refractivity contribution in [1.29, 1.82) is 0 Å². The average molecular weight is 248 g/mol. The summed E-state index contributed by atoms with van der Waals surface area (Å²) in [5.41, 5.74) is 1.62. The molecule has 2 aromatic rings. The van der Waals surface area contributed by atoms with Crippen LogP contribution in [0.5, 0.6) is 0 Å². The summed E-state index contributed by atoms with van der Waals surface area (Å²) in [6.45, 7) is 6.27. The second-order valence-corrected chi connectivity index (χ2v) is 4.51. The van der Waals surface area contributed by atoms with Gasteiger partial charge in [-0.25, -0.2) is 4.79 Å². The van der Waals surface area contributed by atoms with Gasteiger partial charge in [-0.1, -0.05) is 0 Å². The minimum absolute atomic E-state index is 0.235. The molecular weight excluding hydrogens is 232 g/mol. The molecule has 6 heteroatoms. The maximum absolute atomic E-state index is 10.9. The van der Waals surface area contributed by atoms with Crippen LogP contribution in [0.2, 0.25) is 0 Å². The third kappa shape index (κ3) is 2.42. The Balaban J connectivity index is 2.18. The first-order valence-electron chi connectivity index (χ1n) is 5.78. The Labute approximate surface area is 105 Å². The molecule has 0 aliphatic rings. The average Bonchev–Trinajstić information content (AvgIpc) is 2.86. The van der Waals surface area contributed by atoms with Crippen LogP contribution < -0.4 is 0 Å². The van der Waals surface area contributed by atoms with Crippen molar-refractivity contribution in [2.75, 3.05) is 0 Å². The molecular formula is C12H16N4O2. The second kappa shape index (κ2) is 4.64. The molecule has 96 valence electrons. The summed E-state index contributed by atoms with van der Waals surface area (Å²) in [6.07, 6.45) is 3.44. The SMILES string of the molecule is Cc1nn(Cc2ccn(C(C)C)n2)cc1C(=O)O. The maximum atomic E-state index is 10.9. The normalized spacial score (nSPS) is 11.1. The molecule has 0 unspecified atom stereocenters. The van der Waals surface area contributed by atoms with E-state index in [4.69, 9.17) is 5.11 Å². The topological polar surface area (TPSA) is 72.9 Å². The summed E-state index contributed by atoms with van der Waals surface area (Å²) in [5.74, 6) is -0.952. The number of aromatic carboxylic acids is 1. The van der Waals surface area contributed by atoms with Gasteiger partial charge in [-0.15, -0.1) is 0 Å². The fraction of sp³-hybridized carbons (Fsp3) is 0.417. The summed E-state index contributed by atoms with van der Waals surface area (Å²) >= 11 is 0. The zero-order valence-corrected chi connectivity index (χ0v) is 10.7. The molecule has 0 aliphatic carbocycles. The molecule has 2 heterocycles. The highest BCUT2D eigenvalue weighted by molar-refractivity contribution is 5.88. The molecule has 18 heavy (non-hydrogen) atoms. The Kier molecular flexibility index (Phi) is 3.18. The molecule has 0 spiro atoms. The Bertz CT molecular complexity index is 568. The fourth-order valence-electron chi connectivity index (χ4n) is 1.72. The van der Waals surface area contributed by atoms with E-state index in [0.717, 1.165) is 5.69 Å². The smallest absolute Gasteiger partial charge is 0.339 e. The van der Waals surface area contributed by atoms with E-state index in [1.807, 2.05) is 16.9 Å². The van der Waals surface area contributed by atoms with Gasteiger partial charge in [-0.3, -0.25) is 9.36 Å². The Hall–Kier alpha value is -2.11. The first-order chi connectivity index (χ1) is 8.47. The van der Waals surface area contributed by atoms with Crippen LogP contribution in [0.1, 0.15) is 41.6 Å². The molecule has 0 aromatic carbocycles. The van der Waals surface area contributed by atoms with Gasteiger partial charge in [0.2, 0.25) is 0 Å². The number of carbonyl (C=O) groups is 1. The van der Waals surface area contributed by atoms with Gasteiger partial charge in [0, 0.05) is 18.4 Å². The predicted octanol–water partition coefficient (Wildman–Crippen LogP) is 1.72. The van der Waals surface area contributed by atoms with E-state index in [1.165, 1.54) is 6.20 Å². The number of hydrogen-bond acceptors (Lipinski definition) is 3. The first-order valence-corrected chi connectivity index (χ1v) is 5.78. The molecule has 0 radical (unpaired) electrons. The van der Waals surface area contributed by atoms with E-state index in [-0.39, 0.29) is 5.56 Å². The Morgan fingerprint density at radius 3 is 2.67 bits per heavy atom. The lowest BCUT2D eigenvalue weighted by atomic mass is 10.3. The molecule has 0 fully saturated rings. The summed E-state index contributed by atoms with van der Waals surface area (Å²) in [7, 11) is 0. The van der Waals surface area contributed by atoms with E-state index in [1.54, 1.807) is 11.6 Å². The number of aryl methyl sites for hydroxylation is 1. The Morgan fingerprint density at radius 2 is 2.17 bits per heavy atom. The molecule has 2 rings (SSSR count). The van der Waals surface area contributed by atoms with Crippen LogP contribution in [-0.4, -0.2) is 30.6 Å². The van der Waals surface area contributed by atoms with Crippen molar-refractivity contribution in [2.24, 2.45) is 0 Å². The third-order valence-electron chi connectivity index (χ3n) is 2.69. The third-order valence-corrected chi connectivity index (χ3v) is 2.69. The summed E-state index contributed by atoms with van der Waals surface area (Å²) in [4.78, 5) is 10.9. The molecule has 2 aromatic heterocycles. The van der Waals surface area contributed by atoms with Gasteiger partial charge in [0.25, 0.3) is 0 Å². The van der Waals surface area contributed by atoms with Crippen LogP contribution in [0.25, 0.3) is 0 Å². The minimum atomic E-state index is -0.952. The Morgan fingerprint density at radius 1 is 1.44 bits per heavy atom. The van der Waals surface area contributed by atoms with E-state index >= 15 is 0 Å². The van der Waals surface area contributed by atoms with Gasteiger partial charge in [0.1, 0.15) is 5.56 Å². The van der Waals surface area contributed by atoms with Crippen LogP contribution in [-0.2, 0) is 6.54 Å². The van der Waals surface area contributed by atoms with Crippen molar-refractivity contribution in [3.63, 3.8) is 0 Å². The highest BCUT2D eigenvalue weighted by Gasteiger charge is 2.12. The minimum Gasteiger partial charge on any atom is -0.478 e. The van der Waals surface area contributed by atoms with Crippen molar-refractivity contribution >= 4 is 5.97 Å². The number of carboxylic acids is 1. The lowest BCUT2D eigenvalue weighted by Gasteiger charge is -2.03. The van der Waals surface area contributed by atoms with Crippen LogP contribution in [0.3, 0.4) is 0 Å². The summed E-state index contributed by atoms with van der Waals surface area (Å²) in [6, 6.07) is 2.23. The van der Waals surface area contributed by atoms with Gasteiger partial charge in [-0.05, 0) is 26.8 Å². The second-order valence-electron chi connectivity index (χ2n) is 4.51. The number of nitrogens with zero attached hydrogens (tertiary/aromatic N) is 4. The highest BCUT2D eigenvalue weighted by Crippen LogP contribution is 2.09. The van der Waals surface area contributed by atoms with Crippen LogP contribution in [0.15, 0.2) is 18.5 Å². The monoisotopic (exact) mass is 248 g/mol. The maximum Gasteiger partial charge on any atom is 0.339 e. The van der Waals surface area contributed by atoms with Gasteiger partial charge >= 0.3 is 5.97 Å². The molecule has 0 aliphatic heterocycles. The molecule has 0 atom stereocenters. The first kappa shape index (κ1) is 12.3.